The average Bonchev–Trinajstić information content (AvgIpc) is 3.28. The van der Waals surface area contributed by atoms with Gasteiger partial charge in [0.15, 0.2) is 11.5 Å². The number of fused-ring (bicyclic) bond motifs is 2. The van der Waals surface area contributed by atoms with Gasteiger partial charge in [0.1, 0.15) is 36.4 Å². The highest BCUT2D eigenvalue weighted by molar-refractivity contribution is 5.96. The Morgan fingerprint density at radius 2 is 2.00 bits per heavy atom. The van der Waals surface area contributed by atoms with Crippen LogP contribution in [0.15, 0.2) is 60.1 Å². The number of nitrogen functional groups attached to an aromatic ring is 1. The van der Waals surface area contributed by atoms with E-state index >= 15 is 0 Å². The van der Waals surface area contributed by atoms with Crippen LogP contribution in [0.4, 0.5) is 11.5 Å². The number of rotatable bonds is 4. The Morgan fingerprint density at radius 1 is 1.08 bits per heavy atom. The second kappa shape index (κ2) is 7.60. The molecular formula is C25H21N9O2. The first-order chi connectivity index (χ1) is 17.5. The number of hydrogen-bond acceptors (Lipinski definition) is 10. The Kier molecular flexibility index (Phi) is 4.34. The van der Waals surface area contributed by atoms with E-state index in [1.165, 1.54) is 0 Å². The number of nitrogens with one attached hydrogen (secondary N) is 1. The summed E-state index contributed by atoms with van der Waals surface area (Å²) < 4.78 is 13.4. The van der Waals surface area contributed by atoms with Crippen LogP contribution in [-0.2, 0) is 4.74 Å². The number of benzene rings is 2. The van der Waals surface area contributed by atoms with Gasteiger partial charge in [-0.15, -0.1) is 10.2 Å². The van der Waals surface area contributed by atoms with Crippen LogP contribution in [0.3, 0.4) is 0 Å². The van der Waals surface area contributed by atoms with E-state index in [0.717, 1.165) is 40.6 Å². The van der Waals surface area contributed by atoms with Crippen molar-refractivity contribution in [2.24, 2.45) is 4.99 Å². The molecule has 3 aromatic heterocycles. The van der Waals surface area contributed by atoms with Gasteiger partial charge in [-0.3, -0.25) is 4.40 Å². The lowest BCUT2D eigenvalue weighted by molar-refractivity contribution is 0.309. The number of amidine groups is 1. The van der Waals surface area contributed by atoms with E-state index < -0.39 is 0 Å². The molecule has 1 spiro atoms. The van der Waals surface area contributed by atoms with Gasteiger partial charge in [-0.2, -0.15) is 0 Å². The van der Waals surface area contributed by atoms with Crippen molar-refractivity contribution in [1.82, 2.24) is 29.5 Å². The van der Waals surface area contributed by atoms with E-state index in [1.807, 2.05) is 43.3 Å². The van der Waals surface area contributed by atoms with Crippen LogP contribution in [0.2, 0.25) is 0 Å². The first-order valence-corrected chi connectivity index (χ1v) is 11.5. The number of anilines is 2. The predicted molar refractivity (Wildman–Crippen MR) is 134 cm³/mol. The van der Waals surface area contributed by atoms with E-state index in [4.69, 9.17) is 20.2 Å². The van der Waals surface area contributed by atoms with Crippen molar-refractivity contribution in [3.8, 4) is 23.0 Å². The minimum atomic E-state index is 0.0103. The predicted octanol–water partition coefficient (Wildman–Crippen LogP) is 3.75. The molecule has 178 valence electrons. The lowest BCUT2D eigenvalue weighted by Gasteiger charge is -2.11. The molecule has 1 saturated carbocycles. The molecule has 1 aliphatic carbocycles. The maximum absolute atomic E-state index is 6.34. The number of hydrogen-bond donors (Lipinski definition) is 2. The second-order valence-corrected chi connectivity index (χ2v) is 9.13. The Balaban J connectivity index is 1.15. The summed E-state index contributed by atoms with van der Waals surface area (Å²) in [5.41, 5.74) is 10.3. The molecule has 1 aliphatic heterocycles. The molecule has 0 saturated heterocycles. The maximum atomic E-state index is 6.34. The van der Waals surface area contributed by atoms with Gasteiger partial charge in [-0.05, 0) is 61.7 Å². The highest BCUT2D eigenvalue weighted by Crippen LogP contribution is 2.43. The highest BCUT2D eigenvalue weighted by Gasteiger charge is 2.48. The quantitative estimate of drug-likeness (QED) is 0.395. The number of nitrogens with two attached hydrogens (primary N) is 1. The standard InChI is InChI=1S/C25H21N9O2/c1-14-8-15(2-5-19(14)36-21-10-20-33-28-13-34(20)12-27-21)23-30-18-4-3-16(9-17(18)22(26)31-23)29-24-32-25(6-7-25)11-35-24/h2-5,8-10,12-13H,6-7,11H2,1H3,(H,29,32)(H2,26,30,31). The number of aliphatic imine (C=N–C) groups is 1. The van der Waals surface area contributed by atoms with Crippen LogP contribution in [-0.4, -0.2) is 47.7 Å². The third kappa shape index (κ3) is 3.61. The van der Waals surface area contributed by atoms with Gasteiger partial charge >= 0.3 is 0 Å². The Labute approximate surface area is 205 Å². The Morgan fingerprint density at radius 3 is 2.83 bits per heavy atom. The third-order valence-electron chi connectivity index (χ3n) is 6.43. The summed E-state index contributed by atoms with van der Waals surface area (Å²) in [5, 5.41) is 11.9. The summed E-state index contributed by atoms with van der Waals surface area (Å²) in [5.74, 6) is 2.04. The molecule has 0 amide bonds. The zero-order valence-electron chi connectivity index (χ0n) is 19.3. The minimum Gasteiger partial charge on any atom is -0.462 e. The van der Waals surface area contributed by atoms with Gasteiger partial charge < -0.3 is 20.5 Å². The van der Waals surface area contributed by atoms with Gasteiger partial charge in [-0.1, -0.05) is 0 Å². The summed E-state index contributed by atoms with van der Waals surface area (Å²) in [7, 11) is 0. The van der Waals surface area contributed by atoms with Crippen molar-refractivity contribution in [1.29, 1.82) is 0 Å². The van der Waals surface area contributed by atoms with E-state index in [1.54, 1.807) is 23.1 Å². The molecule has 7 rings (SSSR count). The lowest BCUT2D eigenvalue weighted by atomic mass is 10.1. The van der Waals surface area contributed by atoms with Crippen molar-refractivity contribution in [2.45, 2.75) is 25.3 Å². The highest BCUT2D eigenvalue weighted by atomic mass is 16.5. The third-order valence-corrected chi connectivity index (χ3v) is 6.43. The van der Waals surface area contributed by atoms with E-state index in [2.05, 4.69) is 30.5 Å². The number of nitrogens with zero attached hydrogens (tertiary/aromatic N) is 7. The number of ether oxygens (including phenoxy) is 2. The fraction of sp³-hybridized carbons (Fsp3) is 0.200. The topological polar surface area (TPSA) is 138 Å². The Hall–Kier alpha value is -4.80. The van der Waals surface area contributed by atoms with Crippen LogP contribution in [0.25, 0.3) is 27.9 Å². The lowest BCUT2D eigenvalue weighted by Crippen LogP contribution is -2.12. The van der Waals surface area contributed by atoms with Crippen LogP contribution in [0.5, 0.6) is 11.6 Å². The molecule has 2 aromatic carbocycles. The van der Waals surface area contributed by atoms with Crippen LogP contribution < -0.4 is 15.8 Å². The van der Waals surface area contributed by atoms with Crippen LogP contribution in [0, 0.1) is 6.92 Å². The Bertz CT molecular complexity index is 1690. The van der Waals surface area contributed by atoms with Gasteiger partial charge in [0.25, 0.3) is 6.02 Å². The zero-order chi connectivity index (χ0) is 24.3. The monoisotopic (exact) mass is 479 g/mol. The first kappa shape index (κ1) is 20.6. The molecule has 36 heavy (non-hydrogen) atoms. The zero-order valence-corrected chi connectivity index (χ0v) is 19.3. The smallest absolute Gasteiger partial charge is 0.289 e. The van der Waals surface area contributed by atoms with Gasteiger partial charge in [-0.25, -0.2) is 19.9 Å². The van der Waals surface area contributed by atoms with Gasteiger partial charge in [0, 0.05) is 22.7 Å². The average molecular weight is 480 g/mol. The second-order valence-electron chi connectivity index (χ2n) is 9.13. The molecule has 0 atom stereocenters. The molecule has 5 aromatic rings. The van der Waals surface area contributed by atoms with Crippen LogP contribution in [0.1, 0.15) is 18.4 Å². The molecule has 4 heterocycles. The fourth-order valence-corrected chi connectivity index (χ4v) is 4.21. The summed E-state index contributed by atoms with van der Waals surface area (Å²) >= 11 is 0. The SMILES string of the molecule is Cc1cc(-c2nc(N)c3cc(NC4=NC5(CC5)CO4)ccc3n2)ccc1Oc1cc2nncn2cn1. The summed E-state index contributed by atoms with van der Waals surface area (Å²) in [6.07, 6.45) is 5.36. The minimum absolute atomic E-state index is 0.0103. The van der Waals surface area contributed by atoms with Crippen LogP contribution >= 0.6 is 0 Å². The molecule has 3 N–H and O–H groups in total. The molecule has 0 unspecified atom stereocenters. The molecule has 2 aliphatic rings. The molecular weight excluding hydrogens is 458 g/mol. The van der Waals surface area contributed by atoms with Crippen molar-refractivity contribution < 1.29 is 9.47 Å². The van der Waals surface area contributed by atoms with Crippen molar-refractivity contribution in [3.63, 3.8) is 0 Å². The van der Waals surface area contributed by atoms with Crippen molar-refractivity contribution in [2.75, 3.05) is 17.7 Å². The van der Waals surface area contributed by atoms with E-state index in [0.29, 0.717) is 41.5 Å². The van der Waals surface area contributed by atoms with E-state index in [-0.39, 0.29) is 5.54 Å². The largest absolute Gasteiger partial charge is 0.462 e. The van der Waals surface area contributed by atoms with E-state index in [9.17, 15) is 0 Å². The van der Waals surface area contributed by atoms with Gasteiger partial charge in [0.2, 0.25) is 5.88 Å². The molecule has 11 nitrogen and oxygen atoms in total. The number of aryl methyl sites for hydroxylation is 1. The molecule has 1 fully saturated rings. The van der Waals surface area contributed by atoms with Gasteiger partial charge in [0.05, 0.1) is 5.52 Å². The first-order valence-electron chi connectivity index (χ1n) is 11.5. The van der Waals surface area contributed by atoms with Crippen molar-refractivity contribution in [3.05, 3.63) is 60.7 Å². The number of aromatic nitrogens is 6. The molecule has 0 bridgehead atoms. The fourth-order valence-electron chi connectivity index (χ4n) is 4.21. The van der Waals surface area contributed by atoms with Crippen molar-refractivity contribution >= 4 is 34.1 Å². The molecule has 11 heteroatoms. The summed E-state index contributed by atoms with van der Waals surface area (Å²) in [4.78, 5) is 18.2. The molecule has 0 radical (unpaired) electrons. The summed E-state index contributed by atoms with van der Waals surface area (Å²) in [6.45, 7) is 2.60. The maximum Gasteiger partial charge on any atom is 0.289 e. The summed E-state index contributed by atoms with van der Waals surface area (Å²) in [6, 6.07) is 13.8. The normalized spacial score (nSPS) is 15.8.